The van der Waals surface area contributed by atoms with Gasteiger partial charge in [0.05, 0.1) is 5.69 Å². The summed E-state index contributed by atoms with van der Waals surface area (Å²) >= 11 is 1.87. The molecule has 1 aromatic heterocycles. The molecule has 0 bridgehead atoms. The third kappa shape index (κ3) is 1.92. The number of ether oxygens (including phenoxy) is 1. The number of hydrogen-bond donors (Lipinski definition) is 1. The minimum absolute atomic E-state index is 0.111. The number of rotatable bonds is 2. The molecule has 3 rings (SSSR count). The largest absolute Gasteiger partial charge is 0.368 e. The normalized spacial score (nSPS) is 32.7. The van der Waals surface area contributed by atoms with Gasteiger partial charge in [0.1, 0.15) is 10.6 Å². The van der Waals surface area contributed by atoms with Crippen molar-refractivity contribution in [2.75, 3.05) is 13.7 Å². The minimum Gasteiger partial charge on any atom is -0.368 e. The summed E-state index contributed by atoms with van der Waals surface area (Å²) in [5, 5.41) is 4.60. The first kappa shape index (κ1) is 11.6. The van der Waals surface area contributed by atoms with Gasteiger partial charge in [-0.05, 0) is 46.1 Å². The van der Waals surface area contributed by atoms with Crippen LogP contribution >= 0.6 is 11.3 Å². The summed E-state index contributed by atoms with van der Waals surface area (Å²) in [5.74, 6) is 0. The van der Waals surface area contributed by atoms with Crippen LogP contribution in [0.4, 0.5) is 0 Å². The Bertz CT molecular complexity index is 410. The third-order valence-corrected chi connectivity index (χ3v) is 5.43. The topological polar surface area (TPSA) is 34.2 Å². The molecule has 2 heterocycles. The molecule has 1 saturated heterocycles. The maximum absolute atomic E-state index is 5.90. The quantitative estimate of drug-likeness (QED) is 0.879. The van der Waals surface area contributed by atoms with Gasteiger partial charge in [-0.2, -0.15) is 0 Å². The van der Waals surface area contributed by atoms with Gasteiger partial charge in [-0.15, -0.1) is 11.3 Å². The lowest BCUT2D eigenvalue weighted by molar-refractivity contribution is 0.0165. The first-order valence-electron chi connectivity index (χ1n) is 6.54. The number of thiazole rings is 1. The Morgan fingerprint density at radius 2 is 2.35 bits per heavy atom. The van der Waals surface area contributed by atoms with E-state index in [1.54, 1.807) is 0 Å². The second-order valence-corrected chi connectivity index (χ2v) is 6.28. The molecule has 1 aromatic rings. The number of nitrogens with zero attached hydrogens (tertiary/aromatic N) is 1. The molecule has 94 valence electrons. The van der Waals surface area contributed by atoms with E-state index in [2.05, 4.69) is 12.2 Å². The first-order chi connectivity index (χ1) is 8.23. The second-order valence-electron chi connectivity index (χ2n) is 5.25. The molecule has 0 radical (unpaired) electrons. The maximum Gasteiger partial charge on any atom is 0.125 e. The molecule has 1 aliphatic heterocycles. The van der Waals surface area contributed by atoms with Gasteiger partial charge >= 0.3 is 0 Å². The number of nitrogens with one attached hydrogen (secondary N) is 1. The van der Waals surface area contributed by atoms with Crippen LogP contribution in [0.1, 0.15) is 54.2 Å². The van der Waals surface area contributed by atoms with Crippen molar-refractivity contribution in [2.24, 2.45) is 0 Å². The number of hydrogen-bond acceptors (Lipinski definition) is 4. The van der Waals surface area contributed by atoms with E-state index < -0.39 is 0 Å². The van der Waals surface area contributed by atoms with E-state index in [1.807, 2.05) is 18.4 Å². The van der Waals surface area contributed by atoms with Crippen molar-refractivity contribution in [1.29, 1.82) is 0 Å². The summed E-state index contributed by atoms with van der Waals surface area (Å²) in [7, 11) is 2.05. The molecule has 2 atom stereocenters. The molecule has 3 nitrogen and oxygen atoms in total. The van der Waals surface area contributed by atoms with E-state index in [0.29, 0.717) is 6.04 Å². The van der Waals surface area contributed by atoms with Crippen LogP contribution in [0.2, 0.25) is 0 Å². The first-order valence-corrected chi connectivity index (χ1v) is 7.36. The van der Waals surface area contributed by atoms with Gasteiger partial charge < -0.3 is 10.1 Å². The van der Waals surface area contributed by atoms with E-state index >= 15 is 0 Å². The van der Waals surface area contributed by atoms with E-state index in [0.717, 1.165) is 25.9 Å². The summed E-state index contributed by atoms with van der Waals surface area (Å²) in [6.45, 7) is 3.08. The fourth-order valence-electron chi connectivity index (χ4n) is 2.87. The van der Waals surface area contributed by atoms with Gasteiger partial charge in [0.15, 0.2) is 0 Å². The number of aromatic nitrogens is 1. The van der Waals surface area contributed by atoms with Crippen molar-refractivity contribution in [2.45, 2.75) is 50.7 Å². The Balaban J connectivity index is 1.95. The molecule has 0 saturated carbocycles. The van der Waals surface area contributed by atoms with Gasteiger partial charge in [0, 0.05) is 17.5 Å². The van der Waals surface area contributed by atoms with Crippen LogP contribution in [0.25, 0.3) is 0 Å². The Labute approximate surface area is 107 Å². The molecule has 0 amide bonds. The SMILES string of the molecule is CNC1CCCc2nc(C3(C)CCCO3)sc21. The summed E-state index contributed by atoms with van der Waals surface area (Å²) < 4.78 is 5.90. The van der Waals surface area contributed by atoms with Crippen molar-refractivity contribution in [1.82, 2.24) is 10.3 Å². The summed E-state index contributed by atoms with van der Waals surface area (Å²) in [4.78, 5) is 6.31. The van der Waals surface area contributed by atoms with Gasteiger partial charge in [-0.3, -0.25) is 0 Å². The van der Waals surface area contributed by atoms with E-state index in [-0.39, 0.29) is 5.60 Å². The Morgan fingerprint density at radius 3 is 3.06 bits per heavy atom. The van der Waals surface area contributed by atoms with Crippen LogP contribution in [0.5, 0.6) is 0 Å². The van der Waals surface area contributed by atoms with Gasteiger partial charge in [0.2, 0.25) is 0 Å². The molecule has 2 unspecified atom stereocenters. The van der Waals surface area contributed by atoms with E-state index in [1.165, 1.54) is 28.4 Å². The second kappa shape index (κ2) is 4.34. The summed E-state index contributed by atoms with van der Waals surface area (Å²) in [5.41, 5.74) is 1.20. The Hall–Kier alpha value is -0.450. The summed E-state index contributed by atoms with van der Waals surface area (Å²) in [6, 6.07) is 0.509. The zero-order chi connectivity index (χ0) is 11.9. The minimum atomic E-state index is -0.111. The monoisotopic (exact) mass is 252 g/mol. The lowest BCUT2D eigenvalue weighted by Gasteiger charge is -2.20. The van der Waals surface area contributed by atoms with Crippen molar-refractivity contribution in [3.63, 3.8) is 0 Å². The van der Waals surface area contributed by atoms with Gasteiger partial charge in [0.25, 0.3) is 0 Å². The third-order valence-electron chi connectivity index (χ3n) is 3.97. The van der Waals surface area contributed by atoms with E-state index in [9.17, 15) is 0 Å². The smallest absolute Gasteiger partial charge is 0.125 e. The molecule has 2 aliphatic rings. The number of aryl methyl sites for hydroxylation is 1. The lowest BCUT2D eigenvalue weighted by Crippen LogP contribution is -2.20. The molecule has 0 spiro atoms. The standard InChI is InChI=1S/C13H20N2OS/c1-13(7-4-8-16-13)12-15-10-6-3-5-9(14-2)11(10)17-12/h9,14H,3-8H2,1-2H3. The highest BCUT2D eigenvalue weighted by atomic mass is 32.1. The Kier molecular flexibility index (Phi) is 2.97. The lowest BCUT2D eigenvalue weighted by atomic mass is 9.98. The Morgan fingerprint density at radius 1 is 1.47 bits per heavy atom. The predicted molar refractivity (Wildman–Crippen MR) is 69.4 cm³/mol. The van der Waals surface area contributed by atoms with Crippen LogP contribution in [-0.4, -0.2) is 18.6 Å². The van der Waals surface area contributed by atoms with Crippen molar-refractivity contribution in [3.8, 4) is 0 Å². The van der Waals surface area contributed by atoms with Crippen molar-refractivity contribution >= 4 is 11.3 Å². The molecule has 1 aliphatic carbocycles. The van der Waals surface area contributed by atoms with Gasteiger partial charge in [-0.25, -0.2) is 4.98 Å². The van der Waals surface area contributed by atoms with E-state index in [4.69, 9.17) is 9.72 Å². The fourth-order valence-corrected chi connectivity index (χ4v) is 4.25. The molecule has 17 heavy (non-hydrogen) atoms. The highest BCUT2D eigenvalue weighted by molar-refractivity contribution is 7.12. The molecule has 1 fully saturated rings. The van der Waals surface area contributed by atoms with Crippen LogP contribution in [0, 0.1) is 0 Å². The van der Waals surface area contributed by atoms with Gasteiger partial charge in [-0.1, -0.05) is 0 Å². The maximum atomic E-state index is 5.90. The molecular formula is C13H20N2OS. The average Bonchev–Trinajstić information content (AvgIpc) is 2.95. The van der Waals surface area contributed by atoms with Crippen molar-refractivity contribution in [3.05, 3.63) is 15.6 Å². The average molecular weight is 252 g/mol. The van der Waals surface area contributed by atoms with Crippen LogP contribution in [0.3, 0.4) is 0 Å². The van der Waals surface area contributed by atoms with Crippen molar-refractivity contribution < 1.29 is 4.74 Å². The fraction of sp³-hybridized carbons (Fsp3) is 0.769. The van der Waals surface area contributed by atoms with Crippen LogP contribution < -0.4 is 5.32 Å². The zero-order valence-electron chi connectivity index (χ0n) is 10.6. The van der Waals surface area contributed by atoms with Crippen LogP contribution in [0.15, 0.2) is 0 Å². The molecule has 0 aromatic carbocycles. The highest BCUT2D eigenvalue weighted by Crippen LogP contribution is 2.42. The zero-order valence-corrected chi connectivity index (χ0v) is 11.4. The van der Waals surface area contributed by atoms with Crippen LogP contribution in [-0.2, 0) is 16.8 Å². The molecule has 4 heteroatoms. The molecular weight excluding hydrogens is 232 g/mol. The highest BCUT2D eigenvalue weighted by Gasteiger charge is 2.37. The summed E-state index contributed by atoms with van der Waals surface area (Å²) in [6.07, 6.45) is 5.90. The number of fused-ring (bicyclic) bond motifs is 1. The predicted octanol–water partition coefficient (Wildman–Crippen LogP) is 2.77. The molecule has 1 N–H and O–H groups in total.